The highest BCUT2D eigenvalue weighted by molar-refractivity contribution is 8.16. The van der Waals surface area contributed by atoms with Crippen LogP contribution in [0.5, 0.6) is 0 Å². The van der Waals surface area contributed by atoms with Crippen molar-refractivity contribution >= 4 is 22.7 Å². The summed E-state index contributed by atoms with van der Waals surface area (Å²) < 4.78 is 39.0. The largest absolute Gasteiger partial charge is 0.271 e. The fraction of sp³-hybridized carbons (Fsp3) is 0.467. The predicted octanol–water partition coefficient (Wildman–Crippen LogP) is 4.41. The van der Waals surface area contributed by atoms with Gasteiger partial charge in [-0.15, -0.1) is 0 Å². The predicted molar refractivity (Wildman–Crippen MR) is 78.5 cm³/mol. The molecule has 1 aromatic rings. The molecular weight excluding hydrogens is 299 g/mol. The van der Waals surface area contributed by atoms with Gasteiger partial charge in [-0.05, 0) is 24.5 Å². The van der Waals surface area contributed by atoms with Crippen LogP contribution < -0.4 is 0 Å². The molecule has 1 unspecified atom stereocenters. The van der Waals surface area contributed by atoms with Crippen LogP contribution in [0, 0.1) is 5.82 Å². The molecule has 0 bridgehead atoms. The topological polar surface area (TPSA) is 29.4 Å². The van der Waals surface area contributed by atoms with Crippen LogP contribution in [0.25, 0.3) is 0 Å². The molecule has 0 radical (unpaired) electrons. The summed E-state index contributed by atoms with van der Waals surface area (Å²) in [5.41, 5.74) is 0.491. The van der Waals surface area contributed by atoms with Gasteiger partial charge in [0.15, 0.2) is 4.75 Å². The number of rotatable bonds is 4. The summed E-state index contributed by atoms with van der Waals surface area (Å²) >= 11 is 0.785. The van der Waals surface area contributed by atoms with E-state index in [0.29, 0.717) is 10.6 Å². The van der Waals surface area contributed by atoms with Crippen LogP contribution in [-0.4, -0.2) is 21.6 Å². The van der Waals surface area contributed by atoms with Gasteiger partial charge in [-0.3, -0.25) is 4.79 Å². The van der Waals surface area contributed by atoms with Gasteiger partial charge in [-0.2, -0.15) is 0 Å². The van der Waals surface area contributed by atoms with Crippen LogP contribution in [0.2, 0.25) is 0 Å². The highest BCUT2D eigenvalue weighted by atomic mass is 32.2. The molecule has 0 spiro atoms. The minimum Gasteiger partial charge on any atom is -0.271 e. The van der Waals surface area contributed by atoms with E-state index in [1.165, 1.54) is 13.0 Å². The third-order valence-corrected chi connectivity index (χ3v) is 5.15. The second-order valence-corrected chi connectivity index (χ2v) is 6.95. The molecule has 1 aromatic carbocycles. The van der Waals surface area contributed by atoms with Crippen molar-refractivity contribution in [3.05, 3.63) is 35.6 Å². The molecule has 2 rings (SSSR count). The number of hydrogen-bond donors (Lipinski definition) is 0. The van der Waals surface area contributed by atoms with Crippen molar-refractivity contribution in [2.75, 3.05) is 0 Å². The number of benzene rings is 1. The lowest BCUT2D eigenvalue weighted by atomic mass is 9.98. The van der Waals surface area contributed by atoms with Gasteiger partial charge < -0.3 is 0 Å². The summed E-state index contributed by atoms with van der Waals surface area (Å²) in [6, 6.07) is 6.31. The Morgan fingerprint density at radius 2 is 2.00 bits per heavy atom. The minimum atomic E-state index is -3.17. The molecular formula is C15H16F3NOS. The van der Waals surface area contributed by atoms with Crippen molar-refractivity contribution in [2.45, 2.75) is 43.8 Å². The van der Waals surface area contributed by atoms with Crippen molar-refractivity contribution in [2.24, 2.45) is 4.99 Å². The zero-order valence-electron chi connectivity index (χ0n) is 12.0. The van der Waals surface area contributed by atoms with Crippen molar-refractivity contribution in [3.8, 4) is 0 Å². The van der Waals surface area contributed by atoms with Crippen LogP contribution in [-0.2, 0) is 4.79 Å². The summed E-state index contributed by atoms with van der Waals surface area (Å²) in [5, 5.41) is 0.333. The minimum absolute atomic E-state index is 0.238. The number of hydrogen-bond acceptors (Lipinski definition) is 2. The number of aliphatic imine (C=N–C) groups is 1. The fourth-order valence-electron chi connectivity index (χ4n) is 2.13. The van der Waals surface area contributed by atoms with Gasteiger partial charge in [0.25, 0.3) is 11.8 Å². The first-order chi connectivity index (χ1) is 9.65. The molecule has 1 heterocycles. The van der Waals surface area contributed by atoms with E-state index in [4.69, 9.17) is 0 Å². The van der Waals surface area contributed by atoms with E-state index in [0.717, 1.165) is 18.7 Å². The van der Waals surface area contributed by atoms with Crippen LogP contribution >= 0.6 is 11.8 Å². The normalized spacial score (nSPS) is 24.1. The molecule has 0 saturated carbocycles. The number of alkyl halides is 2. The maximum absolute atomic E-state index is 13.7. The Hall–Kier alpha value is -1.30. The van der Waals surface area contributed by atoms with Gasteiger partial charge in [0, 0.05) is 13.3 Å². The summed E-state index contributed by atoms with van der Waals surface area (Å²) in [4.78, 5) is 15.5. The van der Waals surface area contributed by atoms with Crippen molar-refractivity contribution in [3.63, 3.8) is 0 Å². The first kappa shape index (κ1) is 16.1. The van der Waals surface area contributed by atoms with Crippen LogP contribution in [0.1, 0.15) is 38.7 Å². The van der Waals surface area contributed by atoms with E-state index in [1.807, 2.05) is 0 Å². The van der Waals surface area contributed by atoms with Gasteiger partial charge in [-0.25, -0.2) is 18.2 Å². The lowest BCUT2D eigenvalue weighted by Crippen LogP contribution is -2.44. The number of nitrogens with zero attached hydrogens (tertiary/aromatic N) is 1. The number of thioether (sulfide) groups is 1. The Labute approximate surface area is 125 Å². The molecule has 21 heavy (non-hydrogen) atoms. The molecule has 2 atom stereocenters. The summed E-state index contributed by atoms with van der Waals surface area (Å²) in [7, 11) is 0. The third-order valence-electron chi connectivity index (χ3n) is 3.71. The SMILES string of the molecule is C[C@H](CC1=NC(=O)C(C)(C(C)(F)F)S1)c1ccccc1F. The number of halogens is 3. The van der Waals surface area contributed by atoms with Gasteiger partial charge in [-0.1, -0.05) is 36.9 Å². The molecule has 1 aliphatic heterocycles. The van der Waals surface area contributed by atoms with Crippen molar-refractivity contribution in [1.29, 1.82) is 0 Å². The van der Waals surface area contributed by atoms with Gasteiger partial charge in [0.05, 0.1) is 5.04 Å². The molecule has 1 aliphatic rings. The Morgan fingerprint density at radius 1 is 1.38 bits per heavy atom. The summed E-state index contributed by atoms with van der Waals surface area (Å²) in [6.07, 6.45) is 0.267. The van der Waals surface area contributed by atoms with E-state index >= 15 is 0 Å². The highest BCUT2D eigenvalue weighted by Crippen LogP contribution is 2.46. The molecule has 0 fully saturated rings. The maximum Gasteiger partial charge on any atom is 0.268 e. The molecule has 0 N–H and O–H groups in total. The number of amides is 1. The first-order valence-corrected chi connectivity index (χ1v) is 7.40. The van der Waals surface area contributed by atoms with E-state index in [2.05, 4.69) is 4.99 Å². The van der Waals surface area contributed by atoms with Crippen LogP contribution in [0.15, 0.2) is 29.3 Å². The van der Waals surface area contributed by atoms with Crippen molar-refractivity contribution < 1.29 is 18.0 Å². The fourth-order valence-corrected chi connectivity index (χ4v) is 3.38. The highest BCUT2D eigenvalue weighted by Gasteiger charge is 2.56. The third kappa shape index (κ3) is 3.00. The Morgan fingerprint density at radius 3 is 2.52 bits per heavy atom. The number of carbonyl (C=O) groups excluding carboxylic acids is 1. The van der Waals surface area contributed by atoms with E-state index in [1.54, 1.807) is 25.1 Å². The molecule has 2 nitrogen and oxygen atoms in total. The van der Waals surface area contributed by atoms with Gasteiger partial charge in [0.2, 0.25) is 0 Å². The second-order valence-electron chi connectivity index (χ2n) is 5.46. The Kier molecular flexibility index (Phi) is 4.19. The number of carbonyl (C=O) groups is 1. The van der Waals surface area contributed by atoms with Gasteiger partial charge >= 0.3 is 0 Å². The Bertz CT molecular complexity index is 597. The van der Waals surface area contributed by atoms with E-state index in [-0.39, 0.29) is 18.2 Å². The summed E-state index contributed by atoms with van der Waals surface area (Å²) in [6.45, 7) is 3.70. The molecule has 114 valence electrons. The molecule has 1 amide bonds. The molecule has 0 saturated heterocycles. The van der Waals surface area contributed by atoms with E-state index in [9.17, 15) is 18.0 Å². The summed E-state index contributed by atoms with van der Waals surface area (Å²) in [5.74, 6) is -4.57. The zero-order chi connectivity index (χ0) is 15.8. The standard InChI is InChI=1S/C15H16F3NOS/c1-9(10-6-4-5-7-11(10)16)8-12-19-13(20)14(2,21-12)15(3,17)18/h4-7,9H,8H2,1-3H3/t9-,14?/m1/s1. The zero-order valence-corrected chi connectivity index (χ0v) is 12.8. The molecule has 6 heteroatoms. The Balaban J connectivity index is 2.14. The van der Waals surface area contributed by atoms with Crippen molar-refractivity contribution in [1.82, 2.24) is 0 Å². The lowest BCUT2D eigenvalue weighted by molar-refractivity contribution is -0.128. The first-order valence-electron chi connectivity index (χ1n) is 6.58. The molecule has 0 aromatic heterocycles. The lowest BCUT2D eigenvalue weighted by Gasteiger charge is -2.27. The molecule has 0 aliphatic carbocycles. The van der Waals surface area contributed by atoms with Gasteiger partial charge in [0.1, 0.15) is 5.82 Å². The average Bonchev–Trinajstić information content (AvgIpc) is 2.65. The second kappa shape index (κ2) is 5.48. The quantitative estimate of drug-likeness (QED) is 0.824. The maximum atomic E-state index is 13.7. The smallest absolute Gasteiger partial charge is 0.268 e. The average molecular weight is 315 g/mol. The van der Waals surface area contributed by atoms with E-state index < -0.39 is 16.6 Å². The van der Waals surface area contributed by atoms with Crippen LogP contribution in [0.4, 0.5) is 13.2 Å². The monoisotopic (exact) mass is 315 g/mol. The van der Waals surface area contributed by atoms with Crippen LogP contribution in [0.3, 0.4) is 0 Å².